The van der Waals surface area contributed by atoms with Crippen molar-refractivity contribution in [1.82, 2.24) is 20.2 Å². The molecule has 0 saturated heterocycles. The molecule has 2 heterocycles. The molecule has 9 nitrogen and oxygen atoms in total. The van der Waals surface area contributed by atoms with Crippen molar-refractivity contribution in [3.63, 3.8) is 0 Å². The molecule has 2 aromatic carbocycles. The van der Waals surface area contributed by atoms with E-state index in [2.05, 4.69) is 25.6 Å². The van der Waals surface area contributed by atoms with Crippen LogP contribution in [-0.4, -0.2) is 39.5 Å². The lowest BCUT2D eigenvalue weighted by Gasteiger charge is -2.22. The van der Waals surface area contributed by atoms with Crippen molar-refractivity contribution < 1.29 is 14.3 Å². The van der Waals surface area contributed by atoms with Crippen LogP contribution in [0.1, 0.15) is 0 Å². The topological polar surface area (TPSA) is 110 Å². The molecule has 1 N–H and O–H groups in total. The summed E-state index contributed by atoms with van der Waals surface area (Å²) in [7, 11) is 1.55. The first-order chi connectivity index (χ1) is 14.7. The zero-order chi connectivity index (χ0) is 20.9. The van der Waals surface area contributed by atoms with Crippen LogP contribution in [0.5, 0.6) is 5.75 Å². The van der Waals surface area contributed by atoms with Crippen molar-refractivity contribution in [3.8, 4) is 17.0 Å². The minimum absolute atomic E-state index is 0.0587. The molecule has 0 spiro atoms. The van der Waals surface area contributed by atoms with Gasteiger partial charge in [0.1, 0.15) is 11.4 Å². The van der Waals surface area contributed by atoms with Crippen molar-refractivity contribution in [2.45, 2.75) is 0 Å². The number of anilines is 2. The highest BCUT2D eigenvalue weighted by atomic mass is 16.5. The van der Waals surface area contributed by atoms with Crippen LogP contribution in [0, 0.1) is 0 Å². The average molecular weight is 400 g/mol. The number of fused-ring (bicyclic) bond motifs is 1. The van der Waals surface area contributed by atoms with Gasteiger partial charge in [0.15, 0.2) is 0 Å². The van der Waals surface area contributed by atoms with E-state index in [4.69, 9.17) is 4.74 Å². The monoisotopic (exact) mass is 400 g/mol. The predicted molar refractivity (Wildman–Crippen MR) is 111 cm³/mol. The Morgan fingerprint density at radius 1 is 1.07 bits per heavy atom. The lowest BCUT2D eigenvalue weighted by Crippen LogP contribution is -2.38. The Bertz CT molecular complexity index is 1200. The Balaban J connectivity index is 1.68. The van der Waals surface area contributed by atoms with Gasteiger partial charge in [-0.2, -0.15) is 0 Å². The van der Waals surface area contributed by atoms with Crippen LogP contribution >= 0.6 is 0 Å². The van der Waals surface area contributed by atoms with E-state index in [1.54, 1.807) is 31.4 Å². The number of ether oxygens (including phenoxy) is 1. The lowest BCUT2D eigenvalue weighted by molar-refractivity contribution is -0.129. The van der Waals surface area contributed by atoms with Crippen LogP contribution in [0.15, 0.2) is 67.0 Å². The highest BCUT2D eigenvalue weighted by Crippen LogP contribution is 2.28. The Morgan fingerprint density at radius 3 is 2.60 bits per heavy atom. The number of amides is 1. The van der Waals surface area contributed by atoms with Gasteiger partial charge in [0.2, 0.25) is 6.29 Å². The van der Waals surface area contributed by atoms with E-state index >= 15 is 0 Å². The highest BCUT2D eigenvalue weighted by molar-refractivity contribution is 6.31. The van der Waals surface area contributed by atoms with Gasteiger partial charge < -0.3 is 4.74 Å². The first-order valence-corrected chi connectivity index (χ1v) is 8.93. The summed E-state index contributed by atoms with van der Waals surface area (Å²) in [4.78, 5) is 32.1. The molecule has 0 aliphatic carbocycles. The second kappa shape index (κ2) is 8.31. The molecule has 4 rings (SSSR count). The maximum Gasteiger partial charge on any atom is 0.309 e. The van der Waals surface area contributed by atoms with Gasteiger partial charge in [0.05, 0.1) is 24.5 Å². The molecule has 0 fully saturated rings. The molecule has 0 aliphatic heterocycles. The van der Waals surface area contributed by atoms with E-state index in [0.717, 1.165) is 10.6 Å². The quantitative estimate of drug-likeness (QED) is 0.299. The van der Waals surface area contributed by atoms with Crippen LogP contribution < -0.4 is 15.2 Å². The molecule has 0 bridgehead atoms. The SMILES string of the molecule is COc1ccc2c(N(Nc3ncc(-c4ccccc4)nn3)C(=O)C=O)ccnc2c1. The first-order valence-electron chi connectivity index (χ1n) is 8.93. The molecular formula is C21H16N6O3. The fourth-order valence-corrected chi connectivity index (χ4v) is 2.89. The summed E-state index contributed by atoms with van der Waals surface area (Å²) in [5.41, 5.74) is 5.20. The number of carbonyl (C=O) groups is 2. The standard InChI is InChI=1S/C21H16N6O3/c1-30-15-7-8-16-17(11-15)22-10-9-19(16)27(20(29)13-28)26-21-23-12-18(24-25-21)14-5-3-2-4-6-14/h2-13H,1H3,(H,23,25,26). The molecule has 2 aromatic heterocycles. The number of rotatable bonds is 6. The van der Waals surface area contributed by atoms with Gasteiger partial charge in [-0.3, -0.25) is 20.0 Å². The number of benzene rings is 2. The molecular weight excluding hydrogens is 384 g/mol. The summed E-state index contributed by atoms with van der Waals surface area (Å²) in [6, 6.07) is 16.3. The molecule has 0 atom stereocenters. The maximum atomic E-state index is 12.3. The molecule has 1 amide bonds. The molecule has 30 heavy (non-hydrogen) atoms. The van der Waals surface area contributed by atoms with Crippen LogP contribution in [-0.2, 0) is 9.59 Å². The average Bonchev–Trinajstić information content (AvgIpc) is 2.82. The van der Waals surface area contributed by atoms with E-state index in [-0.39, 0.29) is 12.2 Å². The smallest absolute Gasteiger partial charge is 0.309 e. The van der Waals surface area contributed by atoms with Crippen molar-refractivity contribution in [3.05, 3.63) is 67.0 Å². The normalized spacial score (nSPS) is 10.4. The maximum absolute atomic E-state index is 12.3. The van der Waals surface area contributed by atoms with Gasteiger partial charge in [0, 0.05) is 23.2 Å². The Kier molecular flexibility index (Phi) is 5.25. The van der Waals surface area contributed by atoms with Crippen molar-refractivity contribution >= 4 is 34.7 Å². The van der Waals surface area contributed by atoms with E-state index in [1.807, 2.05) is 30.3 Å². The minimum atomic E-state index is -0.825. The fraction of sp³-hybridized carbons (Fsp3) is 0.0476. The number of pyridine rings is 1. The number of carbonyl (C=O) groups excluding carboxylic acids is 2. The molecule has 4 aromatic rings. The molecule has 148 valence electrons. The molecule has 9 heteroatoms. The van der Waals surface area contributed by atoms with Gasteiger partial charge in [-0.15, -0.1) is 10.2 Å². The highest BCUT2D eigenvalue weighted by Gasteiger charge is 2.19. The summed E-state index contributed by atoms with van der Waals surface area (Å²) in [5.74, 6) is -0.144. The van der Waals surface area contributed by atoms with Gasteiger partial charge in [-0.25, -0.2) is 9.99 Å². The zero-order valence-corrected chi connectivity index (χ0v) is 15.9. The number of aromatic nitrogens is 4. The molecule has 0 aliphatic rings. The van der Waals surface area contributed by atoms with E-state index in [1.165, 1.54) is 12.4 Å². The summed E-state index contributed by atoms with van der Waals surface area (Å²) < 4.78 is 5.21. The third-order valence-electron chi connectivity index (χ3n) is 4.33. The summed E-state index contributed by atoms with van der Waals surface area (Å²) in [6.45, 7) is 0. The van der Waals surface area contributed by atoms with Gasteiger partial charge in [-0.05, 0) is 18.2 Å². The molecule has 0 unspecified atom stereocenters. The summed E-state index contributed by atoms with van der Waals surface area (Å²) in [5, 5.41) is 9.85. The Hall–Kier alpha value is -4.40. The number of methoxy groups -OCH3 is 1. The molecule has 0 radical (unpaired) electrons. The van der Waals surface area contributed by atoms with Crippen LogP contribution in [0.2, 0.25) is 0 Å². The number of hydrogen-bond acceptors (Lipinski definition) is 8. The van der Waals surface area contributed by atoms with Crippen LogP contribution in [0.3, 0.4) is 0 Å². The minimum Gasteiger partial charge on any atom is -0.497 e. The van der Waals surface area contributed by atoms with Crippen molar-refractivity contribution in [2.24, 2.45) is 0 Å². The first kappa shape index (κ1) is 18.9. The molecule has 0 saturated carbocycles. The number of hydrazine groups is 1. The largest absolute Gasteiger partial charge is 0.497 e. The van der Waals surface area contributed by atoms with Crippen molar-refractivity contribution in [1.29, 1.82) is 0 Å². The van der Waals surface area contributed by atoms with E-state index < -0.39 is 5.91 Å². The second-order valence-electron chi connectivity index (χ2n) is 6.15. The number of nitrogens with one attached hydrogen (secondary N) is 1. The van der Waals surface area contributed by atoms with Gasteiger partial charge in [0.25, 0.3) is 5.95 Å². The van der Waals surface area contributed by atoms with Crippen LogP contribution in [0.4, 0.5) is 11.6 Å². The summed E-state index contributed by atoms with van der Waals surface area (Å²) in [6.07, 6.45) is 3.26. The predicted octanol–water partition coefficient (Wildman–Crippen LogP) is 2.65. The number of hydrogen-bond donors (Lipinski definition) is 1. The Labute approximate surface area is 171 Å². The lowest BCUT2D eigenvalue weighted by atomic mass is 10.1. The third kappa shape index (κ3) is 3.76. The zero-order valence-electron chi connectivity index (χ0n) is 15.9. The third-order valence-corrected chi connectivity index (χ3v) is 4.33. The van der Waals surface area contributed by atoms with E-state index in [0.29, 0.717) is 28.0 Å². The van der Waals surface area contributed by atoms with Gasteiger partial charge in [-0.1, -0.05) is 30.3 Å². The second-order valence-corrected chi connectivity index (χ2v) is 6.15. The fourth-order valence-electron chi connectivity index (χ4n) is 2.89. The van der Waals surface area contributed by atoms with E-state index in [9.17, 15) is 9.59 Å². The number of aldehydes is 1. The summed E-state index contributed by atoms with van der Waals surface area (Å²) >= 11 is 0. The number of nitrogens with zero attached hydrogens (tertiary/aromatic N) is 5. The Morgan fingerprint density at radius 2 is 1.90 bits per heavy atom. The van der Waals surface area contributed by atoms with Gasteiger partial charge >= 0.3 is 5.91 Å². The van der Waals surface area contributed by atoms with Crippen molar-refractivity contribution in [2.75, 3.05) is 17.5 Å². The van der Waals surface area contributed by atoms with Crippen LogP contribution in [0.25, 0.3) is 22.2 Å².